The molecular formula is C10H16BrN3. The third kappa shape index (κ3) is 1.86. The highest BCUT2D eigenvalue weighted by atomic mass is 79.9. The molecule has 1 saturated heterocycles. The Morgan fingerprint density at radius 2 is 2.07 bits per heavy atom. The van der Waals surface area contributed by atoms with Crippen LogP contribution in [0.25, 0.3) is 0 Å². The number of hydrogen-bond acceptors (Lipinski definition) is 2. The molecule has 1 aromatic rings. The van der Waals surface area contributed by atoms with Crippen LogP contribution in [0.15, 0.2) is 4.47 Å². The van der Waals surface area contributed by atoms with Gasteiger partial charge in [0.25, 0.3) is 0 Å². The van der Waals surface area contributed by atoms with Gasteiger partial charge in [0.15, 0.2) is 0 Å². The van der Waals surface area contributed by atoms with Crippen molar-refractivity contribution in [2.45, 2.75) is 25.7 Å². The van der Waals surface area contributed by atoms with Gasteiger partial charge in [0.2, 0.25) is 0 Å². The monoisotopic (exact) mass is 257 g/mol. The lowest BCUT2D eigenvalue weighted by molar-refractivity contribution is 0.253. The molecule has 1 aliphatic heterocycles. The van der Waals surface area contributed by atoms with Crippen LogP contribution in [-0.4, -0.2) is 35.2 Å². The molecule has 2 rings (SSSR count). The Morgan fingerprint density at radius 3 is 2.57 bits per heavy atom. The van der Waals surface area contributed by atoms with E-state index in [2.05, 4.69) is 45.0 Å². The Bertz CT molecular complexity index is 313. The quantitative estimate of drug-likeness (QED) is 0.838. The topological polar surface area (TPSA) is 31.9 Å². The highest BCUT2D eigenvalue weighted by Crippen LogP contribution is 2.32. The maximum absolute atomic E-state index is 4.37. The predicted octanol–water partition coefficient (Wildman–Crippen LogP) is 2.29. The van der Waals surface area contributed by atoms with Gasteiger partial charge in [-0.15, -0.1) is 0 Å². The number of likely N-dealkylation sites (tertiary alicyclic amines) is 1. The van der Waals surface area contributed by atoms with Crippen molar-refractivity contribution in [1.29, 1.82) is 0 Å². The van der Waals surface area contributed by atoms with Crippen molar-refractivity contribution in [3.63, 3.8) is 0 Å². The summed E-state index contributed by atoms with van der Waals surface area (Å²) >= 11 is 3.59. The van der Waals surface area contributed by atoms with Crippen molar-refractivity contribution >= 4 is 15.9 Å². The van der Waals surface area contributed by atoms with Gasteiger partial charge in [-0.25, -0.2) is 0 Å². The van der Waals surface area contributed by atoms with Gasteiger partial charge < -0.3 is 4.90 Å². The van der Waals surface area contributed by atoms with E-state index in [0.717, 1.165) is 5.69 Å². The van der Waals surface area contributed by atoms with Crippen LogP contribution in [0.4, 0.5) is 0 Å². The van der Waals surface area contributed by atoms with Crippen molar-refractivity contribution in [3.05, 3.63) is 15.9 Å². The number of nitrogens with one attached hydrogen (secondary N) is 1. The number of aromatic amines is 1. The third-order valence-corrected chi connectivity index (χ3v) is 4.00. The lowest BCUT2D eigenvalue weighted by Gasteiger charge is -2.28. The van der Waals surface area contributed by atoms with Crippen LogP contribution < -0.4 is 0 Å². The average Bonchev–Trinajstić information content (AvgIpc) is 2.50. The Hall–Kier alpha value is -0.350. The zero-order valence-electron chi connectivity index (χ0n) is 8.68. The lowest BCUT2D eigenvalue weighted by atomic mass is 9.94. The zero-order chi connectivity index (χ0) is 10.1. The molecule has 0 radical (unpaired) electrons. The molecule has 0 aromatic carbocycles. The summed E-state index contributed by atoms with van der Waals surface area (Å²) in [4.78, 5) is 2.38. The number of rotatable bonds is 1. The lowest BCUT2D eigenvalue weighted by Crippen LogP contribution is -2.29. The smallest absolute Gasteiger partial charge is 0.0798 e. The molecule has 0 unspecified atom stereocenters. The van der Waals surface area contributed by atoms with Gasteiger partial charge in [-0.1, -0.05) is 0 Å². The number of hydrogen-bond donors (Lipinski definition) is 1. The maximum atomic E-state index is 4.37. The summed E-state index contributed by atoms with van der Waals surface area (Å²) in [6.45, 7) is 4.42. The minimum absolute atomic E-state index is 0.630. The first-order valence-electron chi connectivity index (χ1n) is 5.07. The van der Waals surface area contributed by atoms with E-state index in [1.165, 1.54) is 36.1 Å². The van der Waals surface area contributed by atoms with Crippen molar-refractivity contribution in [2.24, 2.45) is 0 Å². The van der Waals surface area contributed by atoms with Gasteiger partial charge in [0.05, 0.1) is 10.2 Å². The normalized spacial score (nSPS) is 20.2. The first-order chi connectivity index (χ1) is 6.68. The van der Waals surface area contributed by atoms with Gasteiger partial charge in [0.1, 0.15) is 0 Å². The van der Waals surface area contributed by atoms with Crippen LogP contribution in [0.1, 0.15) is 30.1 Å². The minimum atomic E-state index is 0.630. The molecule has 1 N–H and O–H groups in total. The number of aromatic nitrogens is 2. The van der Waals surface area contributed by atoms with Crippen molar-refractivity contribution < 1.29 is 0 Å². The summed E-state index contributed by atoms with van der Waals surface area (Å²) in [6.07, 6.45) is 2.44. The fourth-order valence-corrected chi connectivity index (χ4v) is 2.49. The molecule has 0 aliphatic carbocycles. The van der Waals surface area contributed by atoms with Crippen LogP contribution in [0.2, 0.25) is 0 Å². The predicted molar refractivity (Wildman–Crippen MR) is 60.5 cm³/mol. The van der Waals surface area contributed by atoms with Gasteiger partial charge in [-0.05, 0) is 55.8 Å². The van der Waals surface area contributed by atoms with Crippen molar-refractivity contribution in [2.75, 3.05) is 20.1 Å². The first-order valence-corrected chi connectivity index (χ1v) is 5.86. The van der Waals surface area contributed by atoms with Crippen molar-refractivity contribution in [3.8, 4) is 0 Å². The van der Waals surface area contributed by atoms with E-state index in [1.54, 1.807) is 0 Å². The summed E-state index contributed by atoms with van der Waals surface area (Å²) in [6, 6.07) is 0. The second kappa shape index (κ2) is 4.03. The fraction of sp³-hybridized carbons (Fsp3) is 0.700. The van der Waals surface area contributed by atoms with E-state index >= 15 is 0 Å². The molecule has 0 saturated carbocycles. The molecule has 0 amide bonds. The Balaban J connectivity index is 2.12. The van der Waals surface area contributed by atoms with E-state index in [0.29, 0.717) is 5.92 Å². The molecule has 3 nitrogen and oxygen atoms in total. The van der Waals surface area contributed by atoms with E-state index in [9.17, 15) is 0 Å². The van der Waals surface area contributed by atoms with Crippen LogP contribution in [0.5, 0.6) is 0 Å². The summed E-state index contributed by atoms with van der Waals surface area (Å²) in [7, 11) is 2.18. The zero-order valence-corrected chi connectivity index (χ0v) is 10.3. The Morgan fingerprint density at radius 1 is 1.43 bits per heavy atom. The summed E-state index contributed by atoms with van der Waals surface area (Å²) in [5, 5.41) is 7.41. The summed E-state index contributed by atoms with van der Waals surface area (Å²) < 4.78 is 1.17. The van der Waals surface area contributed by atoms with E-state index < -0.39 is 0 Å². The molecule has 1 aromatic heterocycles. The molecule has 1 aliphatic rings. The number of nitrogens with zero attached hydrogens (tertiary/aromatic N) is 2. The van der Waals surface area contributed by atoms with Gasteiger partial charge >= 0.3 is 0 Å². The van der Waals surface area contributed by atoms with Gasteiger partial charge in [0, 0.05) is 11.6 Å². The van der Waals surface area contributed by atoms with E-state index in [-0.39, 0.29) is 0 Å². The average molecular weight is 258 g/mol. The highest BCUT2D eigenvalue weighted by molar-refractivity contribution is 9.10. The molecule has 78 valence electrons. The van der Waals surface area contributed by atoms with Crippen LogP contribution in [0, 0.1) is 6.92 Å². The van der Waals surface area contributed by atoms with Crippen molar-refractivity contribution in [1.82, 2.24) is 15.1 Å². The molecule has 4 heteroatoms. The number of piperidine rings is 1. The van der Waals surface area contributed by atoms with Crippen LogP contribution >= 0.6 is 15.9 Å². The second-order valence-electron chi connectivity index (χ2n) is 4.13. The molecule has 0 atom stereocenters. The highest BCUT2D eigenvalue weighted by Gasteiger charge is 2.23. The SMILES string of the molecule is Cc1[nH]nc(C2CCN(C)CC2)c1Br. The molecule has 1 fully saturated rings. The van der Waals surface area contributed by atoms with Gasteiger partial charge in [-0.3, -0.25) is 5.10 Å². The second-order valence-corrected chi connectivity index (χ2v) is 4.92. The van der Waals surface area contributed by atoms with Gasteiger partial charge in [-0.2, -0.15) is 5.10 Å². The first kappa shape index (κ1) is 10.2. The maximum Gasteiger partial charge on any atom is 0.0798 e. The minimum Gasteiger partial charge on any atom is -0.306 e. The summed E-state index contributed by atoms with van der Waals surface area (Å²) in [5.41, 5.74) is 2.36. The standard InChI is InChI=1S/C10H16BrN3/c1-7-9(11)10(13-12-7)8-3-5-14(2)6-4-8/h8H,3-6H2,1-2H3,(H,12,13). The number of H-pyrrole nitrogens is 1. The van der Waals surface area contributed by atoms with E-state index in [4.69, 9.17) is 0 Å². The molecule has 0 bridgehead atoms. The van der Waals surface area contributed by atoms with Crippen LogP contribution in [-0.2, 0) is 0 Å². The van der Waals surface area contributed by atoms with E-state index in [1.807, 2.05) is 0 Å². The molecule has 2 heterocycles. The third-order valence-electron chi connectivity index (χ3n) is 3.00. The Labute approximate surface area is 93.0 Å². The Kier molecular flexibility index (Phi) is 2.93. The number of halogens is 1. The fourth-order valence-electron chi connectivity index (χ4n) is 1.99. The largest absolute Gasteiger partial charge is 0.306 e. The van der Waals surface area contributed by atoms with Crippen LogP contribution in [0.3, 0.4) is 0 Å². The molecule has 14 heavy (non-hydrogen) atoms. The summed E-state index contributed by atoms with van der Waals surface area (Å²) in [5.74, 6) is 0.630. The molecular weight excluding hydrogens is 242 g/mol. The molecule has 0 spiro atoms. The number of aryl methyl sites for hydroxylation is 1.